The van der Waals surface area contributed by atoms with Gasteiger partial charge in [-0.2, -0.15) is 0 Å². The number of aromatic nitrogens is 1. The summed E-state index contributed by atoms with van der Waals surface area (Å²) >= 11 is 6.34. The van der Waals surface area contributed by atoms with Crippen LogP contribution in [0.5, 0.6) is 17.2 Å². The van der Waals surface area contributed by atoms with Crippen molar-refractivity contribution in [2.24, 2.45) is 0 Å². The Kier molecular flexibility index (Phi) is 3.79. The molecular formula is C14H13ClNO4P. The molecule has 110 valence electrons. The van der Waals surface area contributed by atoms with Crippen molar-refractivity contribution >= 4 is 24.9 Å². The van der Waals surface area contributed by atoms with Gasteiger partial charge in [0.05, 0.1) is 13.3 Å². The summed E-state index contributed by atoms with van der Waals surface area (Å²) in [5.74, 6) is 1.62. The molecule has 0 aliphatic carbocycles. The highest BCUT2D eigenvalue weighted by Gasteiger charge is 2.24. The van der Waals surface area contributed by atoms with Gasteiger partial charge < -0.3 is 14.0 Å². The molecule has 5 nitrogen and oxygen atoms in total. The van der Waals surface area contributed by atoms with E-state index in [9.17, 15) is 4.79 Å². The molecule has 0 N–H and O–H groups in total. The van der Waals surface area contributed by atoms with Crippen molar-refractivity contribution in [3.63, 3.8) is 0 Å². The van der Waals surface area contributed by atoms with E-state index in [4.69, 9.17) is 25.2 Å². The maximum atomic E-state index is 11.1. The molecule has 0 bridgehead atoms. The molecule has 3 rings (SSSR count). The van der Waals surface area contributed by atoms with Crippen LogP contribution in [0.4, 0.5) is 0 Å². The van der Waals surface area contributed by atoms with Crippen molar-refractivity contribution < 1.29 is 18.8 Å². The van der Waals surface area contributed by atoms with Crippen LogP contribution in [0.2, 0.25) is 0 Å². The van der Waals surface area contributed by atoms with E-state index in [0.29, 0.717) is 12.2 Å². The zero-order valence-electron chi connectivity index (χ0n) is 11.5. The molecule has 21 heavy (non-hydrogen) atoms. The molecule has 0 saturated carbocycles. The molecule has 7 heteroatoms. The highest BCUT2D eigenvalue weighted by molar-refractivity contribution is 7.79. The van der Waals surface area contributed by atoms with E-state index in [2.05, 4.69) is 0 Å². The van der Waals surface area contributed by atoms with Crippen LogP contribution in [0, 0.1) is 0 Å². The van der Waals surface area contributed by atoms with Crippen LogP contribution in [0.3, 0.4) is 0 Å². The van der Waals surface area contributed by atoms with Gasteiger partial charge in [0.25, 0.3) is 0 Å². The van der Waals surface area contributed by atoms with Gasteiger partial charge in [-0.3, -0.25) is 9.13 Å². The summed E-state index contributed by atoms with van der Waals surface area (Å²) in [5, 5.41) is 0. The van der Waals surface area contributed by atoms with Crippen LogP contribution >= 0.6 is 18.9 Å². The second-order valence-corrected chi connectivity index (χ2v) is 6.51. The van der Waals surface area contributed by atoms with E-state index < -0.39 is 7.65 Å². The first-order valence-corrected chi connectivity index (χ1v) is 8.39. The lowest BCUT2D eigenvalue weighted by molar-refractivity contribution is -0.131. The fraction of sp³-hybridized carbons (Fsp3) is 0.214. The number of ether oxygens (including phenoxy) is 2. The van der Waals surface area contributed by atoms with Crippen LogP contribution in [-0.2, 0) is 11.2 Å². The minimum Gasteiger partial charge on any atom is -0.497 e. The minimum absolute atomic E-state index is 0.363. The first kappa shape index (κ1) is 14.2. The summed E-state index contributed by atoms with van der Waals surface area (Å²) < 4.78 is 17.9. The third kappa shape index (κ3) is 2.85. The number of esters is 1. The van der Waals surface area contributed by atoms with Crippen molar-refractivity contribution in [2.75, 3.05) is 7.11 Å². The lowest BCUT2D eigenvalue weighted by Gasteiger charge is -2.12. The molecule has 1 aliphatic rings. The number of methoxy groups -OCH3 is 1. The second-order valence-electron chi connectivity index (χ2n) is 4.57. The number of fused-ring (bicyclic) bond motifs is 2. The maximum Gasteiger partial charge on any atom is 0.308 e. The van der Waals surface area contributed by atoms with E-state index in [1.54, 1.807) is 19.4 Å². The van der Waals surface area contributed by atoms with Crippen molar-refractivity contribution in [3.05, 3.63) is 41.7 Å². The average molecular weight is 326 g/mol. The SMILES string of the molecule is COc1ccc2c(c1)Cc1cc(OC(C)=O)cn1P(Cl)O2. The summed E-state index contributed by atoms with van der Waals surface area (Å²) in [6.45, 7) is 1.36. The molecule has 2 aromatic rings. The Morgan fingerprint density at radius 2 is 2.19 bits per heavy atom. The second kappa shape index (κ2) is 5.58. The van der Waals surface area contributed by atoms with Gasteiger partial charge in [-0.15, -0.1) is 0 Å². The fourth-order valence-corrected chi connectivity index (χ4v) is 3.81. The summed E-state index contributed by atoms with van der Waals surface area (Å²) in [5.41, 5.74) is 1.91. The standard InChI is InChI=1S/C14H13ClNO4P/c1-9(17)19-13-7-11-5-10-6-12(18-2)3-4-14(10)20-21(15)16(11)8-13/h3-4,6-8H,5H2,1-2H3. The zero-order chi connectivity index (χ0) is 15.0. The smallest absolute Gasteiger partial charge is 0.308 e. The molecule has 0 radical (unpaired) electrons. The third-order valence-electron chi connectivity index (χ3n) is 3.10. The summed E-state index contributed by atoms with van der Waals surface area (Å²) in [6, 6.07) is 7.41. The van der Waals surface area contributed by atoms with Crippen LogP contribution in [0.25, 0.3) is 0 Å². The van der Waals surface area contributed by atoms with Gasteiger partial charge in [0.15, 0.2) is 0 Å². The Hall–Kier alpha value is -1.71. The number of benzene rings is 1. The normalized spacial score (nSPS) is 16.2. The Labute approximate surface area is 128 Å². The van der Waals surface area contributed by atoms with E-state index >= 15 is 0 Å². The first-order valence-electron chi connectivity index (χ1n) is 6.27. The molecule has 1 aromatic heterocycles. The summed E-state index contributed by atoms with van der Waals surface area (Å²) in [6.07, 6.45) is 2.32. The van der Waals surface area contributed by atoms with Gasteiger partial charge in [-0.05, 0) is 29.4 Å². The van der Waals surface area contributed by atoms with Gasteiger partial charge >= 0.3 is 13.6 Å². The van der Waals surface area contributed by atoms with Gasteiger partial charge in [0.1, 0.15) is 17.2 Å². The minimum atomic E-state index is -1.38. The quantitative estimate of drug-likeness (QED) is 0.624. The highest BCUT2D eigenvalue weighted by atomic mass is 35.7. The lowest BCUT2D eigenvalue weighted by Crippen LogP contribution is -2.00. The predicted molar refractivity (Wildman–Crippen MR) is 80.3 cm³/mol. The van der Waals surface area contributed by atoms with Crippen LogP contribution in [0.1, 0.15) is 18.2 Å². The van der Waals surface area contributed by atoms with Gasteiger partial charge in [-0.1, -0.05) is 0 Å². The Morgan fingerprint density at radius 1 is 1.38 bits per heavy atom. The summed E-state index contributed by atoms with van der Waals surface area (Å²) in [7, 11) is 0.238. The lowest BCUT2D eigenvalue weighted by atomic mass is 10.1. The number of carbonyl (C=O) groups excluding carboxylic acids is 1. The molecule has 1 unspecified atom stereocenters. The molecule has 0 fully saturated rings. The summed E-state index contributed by atoms with van der Waals surface area (Å²) in [4.78, 5) is 11.1. The van der Waals surface area contributed by atoms with E-state index in [-0.39, 0.29) is 5.97 Å². The number of hydrogen-bond acceptors (Lipinski definition) is 4. The monoisotopic (exact) mass is 325 g/mol. The van der Waals surface area contributed by atoms with Gasteiger partial charge in [0.2, 0.25) is 0 Å². The van der Waals surface area contributed by atoms with Crippen molar-refractivity contribution in [1.82, 2.24) is 4.34 Å². The number of halogens is 1. The Morgan fingerprint density at radius 3 is 2.90 bits per heavy atom. The number of nitrogens with zero attached hydrogens (tertiary/aromatic N) is 1. The molecule has 0 spiro atoms. The highest BCUT2D eigenvalue weighted by Crippen LogP contribution is 2.51. The van der Waals surface area contributed by atoms with Crippen LogP contribution < -0.4 is 14.0 Å². The predicted octanol–water partition coefficient (Wildman–Crippen LogP) is 3.72. The van der Waals surface area contributed by atoms with Crippen LogP contribution in [0.15, 0.2) is 30.5 Å². The Bertz CT molecular complexity index is 700. The molecule has 1 atom stereocenters. The molecular weight excluding hydrogens is 313 g/mol. The Balaban J connectivity index is 2.00. The molecule has 1 aromatic carbocycles. The largest absolute Gasteiger partial charge is 0.497 e. The van der Waals surface area contributed by atoms with Crippen LogP contribution in [-0.4, -0.2) is 17.4 Å². The van der Waals surface area contributed by atoms with E-state index in [1.165, 1.54) is 6.92 Å². The maximum absolute atomic E-state index is 11.1. The van der Waals surface area contributed by atoms with Gasteiger partial charge in [-0.25, -0.2) is 0 Å². The molecule has 1 aliphatic heterocycles. The van der Waals surface area contributed by atoms with E-state index in [1.807, 2.05) is 22.5 Å². The molecule has 0 amide bonds. The van der Waals surface area contributed by atoms with Crippen molar-refractivity contribution in [2.45, 2.75) is 13.3 Å². The third-order valence-corrected chi connectivity index (χ3v) is 4.85. The number of rotatable bonds is 2. The van der Waals surface area contributed by atoms with Crippen molar-refractivity contribution in [3.8, 4) is 17.2 Å². The van der Waals surface area contributed by atoms with Gasteiger partial charge in [0, 0.05) is 30.7 Å². The number of hydrogen-bond donors (Lipinski definition) is 0. The average Bonchev–Trinajstić information content (AvgIpc) is 2.77. The molecule has 2 heterocycles. The van der Waals surface area contributed by atoms with Crippen molar-refractivity contribution in [1.29, 1.82) is 0 Å². The zero-order valence-corrected chi connectivity index (χ0v) is 13.1. The number of carbonyl (C=O) groups is 1. The fourth-order valence-electron chi connectivity index (χ4n) is 2.20. The first-order chi connectivity index (χ1) is 10.1. The molecule has 0 saturated heterocycles. The van der Waals surface area contributed by atoms with E-state index in [0.717, 1.165) is 22.8 Å². The topological polar surface area (TPSA) is 49.7 Å².